The average Bonchev–Trinajstić information content (AvgIpc) is 2.04. The highest BCUT2D eigenvalue weighted by Gasteiger charge is 2.01. The molecule has 0 rings (SSSR count). The molecule has 4 heteroatoms. The lowest BCUT2D eigenvalue weighted by molar-refractivity contribution is -0.143. The predicted molar refractivity (Wildman–Crippen MR) is 44.6 cm³/mol. The fourth-order valence-corrected chi connectivity index (χ4v) is 0.662. The molecule has 0 aliphatic rings. The van der Waals surface area contributed by atoms with Crippen molar-refractivity contribution in [1.82, 2.24) is 5.32 Å². The molecule has 12 heavy (non-hydrogen) atoms. The van der Waals surface area contributed by atoms with Gasteiger partial charge in [-0.1, -0.05) is 6.92 Å². The molecule has 0 bridgehead atoms. The van der Waals surface area contributed by atoms with Gasteiger partial charge in [0.25, 0.3) is 0 Å². The predicted octanol–water partition coefficient (Wildman–Crippen LogP) is 0.466. The van der Waals surface area contributed by atoms with Gasteiger partial charge in [-0.05, 0) is 6.92 Å². The largest absolute Gasteiger partial charge is 0.466 e. The lowest BCUT2D eigenvalue weighted by atomic mass is 10.4. The maximum absolute atomic E-state index is 10.7. The summed E-state index contributed by atoms with van der Waals surface area (Å²) in [7, 11) is 0. The molecule has 0 fully saturated rings. The summed E-state index contributed by atoms with van der Waals surface area (Å²) in [5.74, 6) is -0.312. The molecule has 4 nitrogen and oxygen atoms in total. The summed E-state index contributed by atoms with van der Waals surface area (Å²) >= 11 is 0. The molecular formula is C8H15NO3. The summed E-state index contributed by atoms with van der Waals surface area (Å²) in [6.07, 6.45) is 0.697. The SMILES string of the molecule is CCOC(=O)CCNC(=O)CC. The second kappa shape index (κ2) is 6.64. The highest BCUT2D eigenvalue weighted by Crippen LogP contribution is 1.84. The van der Waals surface area contributed by atoms with Gasteiger partial charge in [-0.25, -0.2) is 0 Å². The number of hydrogen-bond donors (Lipinski definition) is 1. The van der Waals surface area contributed by atoms with Gasteiger partial charge in [0.05, 0.1) is 13.0 Å². The maximum atomic E-state index is 10.7. The highest BCUT2D eigenvalue weighted by atomic mass is 16.5. The van der Waals surface area contributed by atoms with Crippen molar-refractivity contribution in [3.8, 4) is 0 Å². The number of hydrogen-bond acceptors (Lipinski definition) is 3. The fraction of sp³-hybridized carbons (Fsp3) is 0.750. The van der Waals surface area contributed by atoms with Gasteiger partial charge in [-0.3, -0.25) is 9.59 Å². The molecule has 0 heterocycles. The summed E-state index contributed by atoms with van der Waals surface area (Å²) in [4.78, 5) is 21.4. The Morgan fingerprint density at radius 3 is 2.50 bits per heavy atom. The first-order valence-corrected chi connectivity index (χ1v) is 4.13. The van der Waals surface area contributed by atoms with Crippen molar-refractivity contribution in [2.24, 2.45) is 0 Å². The quantitative estimate of drug-likeness (QED) is 0.615. The van der Waals surface area contributed by atoms with Gasteiger partial charge < -0.3 is 10.1 Å². The van der Waals surface area contributed by atoms with Crippen LogP contribution in [0.4, 0.5) is 0 Å². The van der Waals surface area contributed by atoms with Crippen molar-refractivity contribution >= 4 is 11.9 Å². The van der Waals surface area contributed by atoms with Crippen LogP contribution in [0.15, 0.2) is 0 Å². The van der Waals surface area contributed by atoms with Crippen LogP contribution < -0.4 is 5.32 Å². The van der Waals surface area contributed by atoms with Crippen LogP contribution in [0, 0.1) is 0 Å². The monoisotopic (exact) mass is 173 g/mol. The number of carbonyl (C=O) groups excluding carboxylic acids is 2. The number of rotatable bonds is 5. The number of amides is 1. The van der Waals surface area contributed by atoms with Gasteiger partial charge in [0.15, 0.2) is 0 Å². The van der Waals surface area contributed by atoms with Crippen molar-refractivity contribution in [3.63, 3.8) is 0 Å². The van der Waals surface area contributed by atoms with Gasteiger partial charge in [-0.15, -0.1) is 0 Å². The Bertz CT molecular complexity index is 156. The normalized spacial score (nSPS) is 9.17. The Hall–Kier alpha value is -1.06. The van der Waals surface area contributed by atoms with E-state index < -0.39 is 0 Å². The molecule has 0 saturated heterocycles. The molecule has 0 spiro atoms. The first-order valence-electron chi connectivity index (χ1n) is 4.13. The van der Waals surface area contributed by atoms with Gasteiger partial charge in [-0.2, -0.15) is 0 Å². The molecule has 0 aromatic heterocycles. The van der Waals surface area contributed by atoms with Gasteiger partial charge in [0.2, 0.25) is 5.91 Å². The number of carbonyl (C=O) groups is 2. The minimum Gasteiger partial charge on any atom is -0.466 e. The molecule has 0 aliphatic heterocycles. The molecule has 0 saturated carbocycles. The molecule has 0 unspecified atom stereocenters. The molecule has 0 aromatic rings. The molecule has 0 aromatic carbocycles. The topological polar surface area (TPSA) is 55.4 Å². The average molecular weight is 173 g/mol. The van der Waals surface area contributed by atoms with E-state index in [-0.39, 0.29) is 18.3 Å². The van der Waals surface area contributed by atoms with Crippen LogP contribution in [0.25, 0.3) is 0 Å². The van der Waals surface area contributed by atoms with E-state index >= 15 is 0 Å². The first-order chi connectivity index (χ1) is 5.70. The lowest BCUT2D eigenvalue weighted by Gasteiger charge is -2.02. The third-order valence-electron chi connectivity index (χ3n) is 1.28. The lowest BCUT2D eigenvalue weighted by Crippen LogP contribution is -2.25. The van der Waals surface area contributed by atoms with Crippen molar-refractivity contribution < 1.29 is 14.3 Å². The standard InChI is InChI=1S/C8H15NO3/c1-3-7(10)9-6-5-8(11)12-4-2/h3-6H2,1-2H3,(H,9,10). The van der Waals surface area contributed by atoms with E-state index in [2.05, 4.69) is 10.1 Å². The van der Waals surface area contributed by atoms with Crippen molar-refractivity contribution in [3.05, 3.63) is 0 Å². The van der Waals surface area contributed by atoms with Crippen LogP contribution in [0.2, 0.25) is 0 Å². The van der Waals surface area contributed by atoms with Gasteiger partial charge >= 0.3 is 5.97 Å². The van der Waals surface area contributed by atoms with E-state index in [1.54, 1.807) is 13.8 Å². The van der Waals surface area contributed by atoms with Crippen molar-refractivity contribution in [1.29, 1.82) is 0 Å². The molecule has 0 radical (unpaired) electrons. The zero-order valence-corrected chi connectivity index (χ0v) is 7.55. The smallest absolute Gasteiger partial charge is 0.307 e. The first kappa shape index (κ1) is 10.9. The Kier molecular flexibility index (Phi) is 6.05. The van der Waals surface area contributed by atoms with Crippen LogP contribution in [-0.2, 0) is 14.3 Å². The maximum Gasteiger partial charge on any atom is 0.307 e. The van der Waals surface area contributed by atoms with E-state index in [9.17, 15) is 9.59 Å². The molecule has 70 valence electrons. The van der Waals surface area contributed by atoms with Gasteiger partial charge in [0, 0.05) is 13.0 Å². The zero-order valence-electron chi connectivity index (χ0n) is 7.55. The summed E-state index contributed by atoms with van der Waals surface area (Å²) in [6.45, 7) is 4.27. The van der Waals surface area contributed by atoms with Crippen molar-refractivity contribution in [2.45, 2.75) is 26.7 Å². The van der Waals surface area contributed by atoms with E-state index in [1.165, 1.54) is 0 Å². The fourth-order valence-electron chi connectivity index (χ4n) is 0.662. The third kappa shape index (κ3) is 5.70. The summed E-state index contributed by atoms with van der Waals surface area (Å²) < 4.78 is 4.67. The summed E-state index contributed by atoms with van der Waals surface area (Å²) in [5.41, 5.74) is 0. The van der Waals surface area contributed by atoms with Crippen LogP contribution >= 0.6 is 0 Å². The second-order valence-corrected chi connectivity index (χ2v) is 2.26. The Morgan fingerprint density at radius 1 is 1.33 bits per heavy atom. The van der Waals surface area contributed by atoms with Gasteiger partial charge in [0.1, 0.15) is 0 Å². The third-order valence-corrected chi connectivity index (χ3v) is 1.28. The minimum atomic E-state index is -0.270. The van der Waals surface area contributed by atoms with E-state index in [0.717, 1.165) is 0 Å². The molecular weight excluding hydrogens is 158 g/mol. The van der Waals surface area contributed by atoms with Crippen LogP contribution in [0.3, 0.4) is 0 Å². The Morgan fingerprint density at radius 2 is 2.00 bits per heavy atom. The van der Waals surface area contributed by atoms with Crippen LogP contribution in [0.5, 0.6) is 0 Å². The Labute approximate surface area is 72.3 Å². The highest BCUT2D eigenvalue weighted by molar-refractivity contribution is 5.76. The number of nitrogens with one attached hydrogen (secondary N) is 1. The van der Waals surface area contributed by atoms with E-state index in [1.807, 2.05) is 0 Å². The summed E-state index contributed by atoms with van der Waals surface area (Å²) in [5, 5.41) is 2.58. The molecule has 1 N–H and O–H groups in total. The second-order valence-electron chi connectivity index (χ2n) is 2.26. The molecule has 0 aliphatic carbocycles. The van der Waals surface area contributed by atoms with E-state index in [0.29, 0.717) is 19.6 Å². The number of ether oxygens (including phenoxy) is 1. The van der Waals surface area contributed by atoms with Crippen molar-refractivity contribution in [2.75, 3.05) is 13.2 Å². The van der Waals surface area contributed by atoms with E-state index in [4.69, 9.17) is 0 Å². The molecule has 0 atom stereocenters. The number of esters is 1. The summed E-state index contributed by atoms with van der Waals surface area (Å²) in [6, 6.07) is 0. The zero-order chi connectivity index (χ0) is 9.40. The van der Waals surface area contributed by atoms with Crippen LogP contribution in [-0.4, -0.2) is 25.0 Å². The Balaban J connectivity index is 3.30. The minimum absolute atomic E-state index is 0.0423. The molecule has 1 amide bonds. The van der Waals surface area contributed by atoms with Crippen LogP contribution in [0.1, 0.15) is 26.7 Å².